The van der Waals surface area contributed by atoms with E-state index in [0.29, 0.717) is 17.3 Å². The van der Waals surface area contributed by atoms with E-state index in [0.717, 1.165) is 5.69 Å². The van der Waals surface area contributed by atoms with Crippen LogP contribution in [0.4, 0.5) is 5.69 Å². The van der Waals surface area contributed by atoms with Crippen LogP contribution in [-0.4, -0.2) is 15.5 Å². The zero-order valence-electron chi connectivity index (χ0n) is 10.2. The van der Waals surface area contributed by atoms with Crippen LogP contribution < -0.4 is 10.0 Å². The summed E-state index contributed by atoms with van der Waals surface area (Å²) in [5.74, 6) is 0.531. The lowest BCUT2D eigenvalue weighted by atomic mass is 10.3. The van der Waals surface area contributed by atoms with Crippen LogP contribution in [-0.2, 0) is 16.6 Å². The van der Waals surface area contributed by atoms with Gasteiger partial charge < -0.3 is 9.73 Å². The lowest BCUT2D eigenvalue weighted by Crippen LogP contribution is -2.17. The maximum absolute atomic E-state index is 11.5. The van der Waals surface area contributed by atoms with Crippen LogP contribution in [0.3, 0.4) is 0 Å². The van der Waals surface area contributed by atoms with Gasteiger partial charge >= 0.3 is 0 Å². The van der Waals surface area contributed by atoms with Crippen molar-refractivity contribution in [2.75, 3.05) is 12.4 Å². The first-order chi connectivity index (χ1) is 9.01. The standard InChI is InChI=1S/C12H13ClN2O3S/c1-14-19(16,17)12-7-6-11(18-12)8-15-10-4-2-9(13)3-5-10/h2-7,14-15H,8H2,1H3. The summed E-state index contributed by atoms with van der Waals surface area (Å²) in [4.78, 5) is 0. The first kappa shape index (κ1) is 13.9. The van der Waals surface area contributed by atoms with Gasteiger partial charge in [-0.05, 0) is 43.4 Å². The SMILES string of the molecule is CNS(=O)(=O)c1ccc(CNc2ccc(Cl)cc2)o1. The topological polar surface area (TPSA) is 71.3 Å². The van der Waals surface area contributed by atoms with Gasteiger partial charge in [-0.3, -0.25) is 0 Å². The Hall–Kier alpha value is -1.50. The van der Waals surface area contributed by atoms with Gasteiger partial charge in [-0.2, -0.15) is 0 Å². The van der Waals surface area contributed by atoms with Crippen molar-refractivity contribution in [1.82, 2.24) is 4.72 Å². The van der Waals surface area contributed by atoms with Crippen LogP contribution in [0.1, 0.15) is 5.76 Å². The van der Waals surface area contributed by atoms with Crippen molar-refractivity contribution in [2.24, 2.45) is 0 Å². The third-order valence-electron chi connectivity index (χ3n) is 2.48. The molecule has 2 rings (SSSR count). The zero-order valence-corrected chi connectivity index (χ0v) is 11.8. The quantitative estimate of drug-likeness (QED) is 0.890. The van der Waals surface area contributed by atoms with Crippen LogP contribution >= 0.6 is 11.6 Å². The molecule has 1 aromatic carbocycles. The fourth-order valence-electron chi connectivity index (χ4n) is 1.46. The highest BCUT2D eigenvalue weighted by Crippen LogP contribution is 2.17. The smallest absolute Gasteiger partial charge is 0.273 e. The van der Waals surface area contributed by atoms with E-state index in [4.69, 9.17) is 16.0 Å². The second-order valence-electron chi connectivity index (χ2n) is 3.79. The molecule has 0 atom stereocenters. The zero-order chi connectivity index (χ0) is 13.9. The molecule has 0 bridgehead atoms. The lowest BCUT2D eigenvalue weighted by molar-refractivity contribution is 0.417. The number of rotatable bonds is 5. The van der Waals surface area contributed by atoms with Crippen LogP contribution in [0, 0.1) is 0 Å². The predicted octanol–water partition coefficient (Wildman–Crippen LogP) is 2.45. The third-order valence-corrected chi connectivity index (χ3v) is 4.02. The Morgan fingerprint density at radius 2 is 1.84 bits per heavy atom. The van der Waals surface area contributed by atoms with Gasteiger partial charge in [0.25, 0.3) is 10.0 Å². The molecule has 0 saturated carbocycles. The molecule has 0 fully saturated rings. The van der Waals surface area contributed by atoms with Crippen LogP contribution in [0.5, 0.6) is 0 Å². The van der Waals surface area contributed by atoms with E-state index in [-0.39, 0.29) is 5.09 Å². The number of hydrogen-bond donors (Lipinski definition) is 2. The molecular formula is C12H13ClN2O3S. The van der Waals surface area contributed by atoms with Crippen molar-refractivity contribution in [3.8, 4) is 0 Å². The van der Waals surface area contributed by atoms with Crippen molar-refractivity contribution in [3.63, 3.8) is 0 Å². The van der Waals surface area contributed by atoms with Gasteiger partial charge in [0, 0.05) is 10.7 Å². The molecule has 0 radical (unpaired) electrons. The Morgan fingerprint density at radius 1 is 1.16 bits per heavy atom. The molecule has 102 valence electrons. The Morgan fingerprint density at radius 3 is 2.47 bits per heavy atom. The number of anilines is 1. The van der Waals surface area contributed by atoms with Gasteiger partial charge in [0.1, 0.15) is 5.76 Å². The summed E-state index contributed by atoms with van der Waals surface area (Å²) in [6.45, 7) is 0.390. The minimum Gasteiger partial charge on any atom is -0.446 e. The molecule has 0 spiro atoms. The van der Waals surface area contributed by atoms with Gasteiger partial charge in [-0.15, -0.1) is 0 Å². The molecule has 19 heavy (non-hydrogen) atoms. The minimum absolute atomic E-state index is 0.0945. The highest BCUT2D eigenvalue weighted by Gasteiger charge is 2.15. The van der Waals surface area contributed by atoms with Gasteiger partial charge in [0.05, 0.1) is 6.54 Å². The molecule has 5 nitrogen and oxygen atoms in total. The Kier molecular flexibility index (Phi) is 4.14. The van der Waals surface area contributed by atoms with E-state index in [1.165, 1.54) is 13.1 Å². The van der Waals surface area contributed by atoms with Crippen LogP contribution in [0.25, 0.3) is 0 Å². The largest absolute Gasteiger partial charge is 0.446 e. The Labute approximate surface area is 116 Å². The maximum atomic E-state index is 11.5. The second kappa shape index (κ2) is 5.64. The molecule has 1 heterocycles. The highest BCUT2D eigenvalue weighted by atomic mass is 35.5. The van der Waals surface area contributed by atoms with Crippen molar-refractivity contribution in [3.05, 3.63) is 47.2 Å². The summed E-state index contributed by atoms with van der Waals surface area (Å²) in [5, 5.41) is 3.67. The van der Waals surface area contributed by atoms with Gasteiger partial charge in [-0.1, -0.05) is 11.6 Å². The summed E-state index contributed by atoms with van der Waals surface area (Å²) < 4.78 is 30.4. The number of sulfonamides is 1. The minimum atomic E-state index is -3.53. The van der Waals surface area contributed by atoms with E-state index < -0.39 is 10.0 Å². The normalized spacial score (nSPS) is 11.5. The summed E-state index contributed by atoms with van der Waals surface area (Å²) in [5.41, 5.74) is 0.874. The number of hydrogen-bond acceptors (Lipinski definition) is 4. The van der Waals surface area contributed by atoms with E-state index in [2.05, 4.69) is 10.0 Å². The van der Waals surface area contributed by atoms with E-state index in [1.807, 2.05) is 12.1 Å². The summed E-state index contributed by atoms with van der Waals surface area (Å²) in [7, 11) is -2.19. The summed E-state index contributed by atoms with van der Waals surface area (Å²) in [6.07, 6.45) is 0. The molecule has 0 aliphatic heterocycles. The first-order valence-electron chi connectivity index (χ1n) is 5.53. The van der Waals surface area contributed by atoms with Crippen LogP contribution in [0.2, 0.25) is 5.02 Å². The highest BCUT2D eigenvalue weighted by molar-refractivity contribution is 7.89. The van der Waals surface area contributed by atoms with Crippen molar-refractivity contribution in [2.45, 2.75) is 11.6 Å². The molecule has 0 aliphatic carbocycles. The molecular weight excluding hydrogens is 288 g/mol. The molecule has 0 aliphatic rings. The lowest BCUT2D eigenvalue weighted by Gasteiger charge is -2.04. The molecule has 2 aromatic rings. The number of halogens is 1. The van der Waals surface area contributed by atoms with Gasteiger partial charge in [-0.25, -0.2) is 13.1 Å². The third kappa shape index (κ3) is 3.50. The predicted molar refractivity (Wildman–Crippen MR) is 73.7 cm³/mol. The first-order valence-corrected chi connectivity index (χ1v) is 7.39. The Balaban J connectivity index is 2.03. The fraction of sp³-hybridized carbons (Fsp3) is 0.167. The molecule has 0 unspecified atom stereocenters. The van der Waals surface area contributed by atoms with Crippen molar-refractivity contribution < 1.29 is 12.8 Å². The fourth-order valence-corrected chi connectivity index (χ4v) is 2.25. The summed E-state index contributed by atoms with van der Waals surface area (Å²) in [6, 6.07) is 10.2. The monoisotopic (exact) mass is 300 g/mol. The number of furan rings is 1. The molecule has 1 aromatic heterocycles. The molecule has 0 saturated heterocycles. The second-order valence-corrected chi connectivity index (χ2v) is 6.04. The van der Waals surface area contributed by atoms with Crippen LogP contribution in [0.15, 0.2) is 45.9 Å². The van der Waals surface area contributed by atoms with Crippen molar-refractivity contribution >= 4 is 27.3 Å². The van der Waals surface area contributed by atoms with Crippen molar-refractivity contribution in [1.29, 1.82) is 0 Å². The van der Waals surface area contributed by atoms with Gasteiger partial charge in [0.2, 0.25) is 5.09 Å². The van der Waals surface area contributed by atoms with E-state index >= 15 is 0 Å². The maximum Gasteiger partial charge on any atom is 0.273 e. The van der Waals surface area contributed by atoms with Gasteiger partial charge in [0.15, 0.2) is 0 Å². The average molecular weight is 301 g/mol. The summed E-state index contributed by atoms with van der Waals surface area (Å²) >= 11 is 5.78. The molecule has 2 N–H and O–H groups in total. The molecule has 7 heteroatoms. The average Bonchev–Trinajstić information content (AvgIpc) is 2.88. The van der Waals surface area contributed by atoms with E-state index in [1.54, 1.807) is 18.2 Å². The molecule has 0 amide bonds. The number of nitrogens with one attached hydrogen (secondary N) is 2. The Bertz CT molecular complexity index is 650. The van der Waals surface area contributed by atoms with E-state index in [9.17, 15) is 8.42 Å². The number of benzene rings is 1.